The Morgan fingerprint density at radius 1 is 1.22 bits per heavy atom. The summed E-state index contributed by atoms with van der Waals surface area (Å²) in [4.78, 5) is 14.2. The second kappa shape index (κ2) is 8.00. The van der Waals surface area contributed by atoms with Crippen molar-refractivity contribution in [3.8, 4) is 0 Å². The zero-order valence-electron chi connectivity index (χ0n) is 11.5. The predicted octanol–water partition coefficient (Wildman–Crippen LogP) is 2.45. The lowest BCUT2D eigenvalue weighted by Crippen LogP contribution is -2.47. The van der Waals surface area contributed by atoms with E-state index in [0.717, 1.165) is 38.5 Å². The number of halogens is 1. The maximum absolute atomic E-state index is 12.1. The average molecular weight is 275 g/mol. The van der Waals surface area contributed by atoms with E-state index in [2.05, 4.69) is 12.2 Å². The SMILES string of the molecule is CC(CC(=O)N1CCNCC1)C1CCCCC1.Cl. The fourth-order valence-corrected chi connectivity index (χ4v) is 3.19. The normalized spacial score (nSPS) is 23.3. The monoisotopic (exact) mass is 274 g/mol. The van der Waals surface area contributed by atoms with Crippen LogP contribution in [0.2, 0.25) is 0 Å². The molecule has 1 atom stereocenters. The van der Waals surface area contributed by atoms with Gasteiger partial charge in [-0.3, -0.25) is 4.79 Å². The predicted molar refractivity (Wildman–Crippen MR) is 77.1 cm³/mol. The molecule has 2 rings (SSSR count). The molecule has 1 aliphatic heterocycles. The van der Waals surface area contributed by atoms with Gasteiger partial charge in [0.15, 0.2) is 0 Å². The highest BCUT2D eigenvalue weighted by Gasteiger charge is 2.24. The lowest BCUT2D eigenvalue weighted by atomic mass is 9.79. The van der Waals surface area contributed by atoms with Crippen LogP contribution in [0.4, 0.5) is 0 Å². The molecule has 2 fully saturated rings. The minimum atomic E-state index is 0. The maximum atomic E-state index is 12.1. The van der Waals surface area contributed by atoms with Crippen molar-refractivity contribution in [1.82, 2.24) is 10.2 Å². The summed E-state index contributed by atoms with van der Waals surface area (Å²) in [7, 11) is 0. The van der Waals surface area contributed by atoms with Gasteiger partial charge in [0.25, 0.3) is 0 Å². The van der Waals surface area contributed by atoms with E-state index in [9.17, 15) is 4.79 Å². The summed E-state index contributed by atoms with van der Waals surface area (Å²) in [6.07, 6.45) is 7.60. The highest BCUT2D eigenvalue weighted by Crippen LogP contribution is 2.31. The van der Waals surface area contributed by atoms with Crippen molar-refractivity contribution >= 4 is 18.3 Å². The third kappa shape index (κ3) is 4.43. The molecule has 1 saturated carbocycles. The van der Waals surface area contributed by atoms with Crippen LogP contribution in [-0.2, 0) is 4.79 Å². The fraction of sp³-hybridized carbons (Fsp3) is 0.929. The number of piperazine rings is 1. The summed E-state index contributed by atoms with van der Waals surface area (Å²) in [5.74, 6) is 1.76. The van der Waals surface area contributed by atoms with Gasteiger partial charge in [-0.1, -0.05) is 39.0 Å². The van der Waals surface area contributed by atoms with Gasteiger partial charge in [0.2, 0.25) is 5.91 Å². The van der Waals surface area contributed by atoms with Crippen molar-refractivity contribution in [2.45, 2.75) is 45.4 Å². The Labute approximate surface area is 117 Å². The van der Waals surface area contributed by atoms with Crippen LogP contribution in [0.25, 0.3) is 0 Å². The van der Waals surface area contributed by atoms with Gasteiger partial charge in [-0.15, -0.1) is 12.4 Å². The highest BCUT2D eigenvalue weighted by atomic mass is 35.5. The van der Waals surface area contributed by atoms with Crippen LogP contribution in [0.3, 0.4) is 0 Å². The van der Waals surface area contributed by atoms with Crippen molar-refractivity contribution < 1.29 is 4.79 Å². The number of hydrogen-bond donors (Lipinski definition) is 1. The molecule has 1 unspecified atom stereocenters. The molecule has 0 aromatic heterocycles. The number of amides is 1. The molecule has 1 amide bonds. The molecule has 0 bridgehead atoms. The Bertz CT molecular complexity index is 248. The van der Waals surface area contributed by atoms with Gasteiger partial charge in [-0.25, -0.2) is 0 Å². The Hall–Kier alpha value is -0.280. The first kappa shape index (κ1) is 15.8. The second-order valence-corrected chi connectivity index (χ2v) is 5.71. The first-order valence-electron chi connectivity index (χ1n) is 7.26. The van der Waals surface area contributed by atoms with Gasteiger partial charge in [0.05, 0.1) is 0 Å². The van der Waals surface area contributed by atoms with Gasteiger partial charge in [0.1, 0.15) is 0 Å². The van der Waals surface area contributed by atoms with Crippen molar-refractivity contribution in [2.24, 2.45) is 11.8 Å². The Kier molecular flexibility index (Phi) is 7.02. The minimum Gasteiger partial charge on any atom is -0.340 e. The molecule has 1 heterocycles. The topological polar surface area (TPSA) is 32.3 Å². The molecule has 1 saturated heterocycles. The summed E-state index contributed by atoms with van der Waals surface area (Å²) in [6, 6.07) is 0. The molecular formula is C14H27ClN2O. The average Bonchev–Trinajstić information content (AvgIpc) is 2.40. The van der Waals surface area contributed by atoms with Gasteiger partial charge in [0, 0.05) is 32.6 Å². The Balaban J connectivity index is 0.00000162. The van der Waals surface area contributed by atoms with Crippen molar-refractivity contribution in [3.63, 3.8) is 0 Å². The molecule has 0 aromatic carbocycles. The minimum absolute atomic E-state index is 0. The van der Waals surface area contributed by atoms with Crippen LogP contribution in [0, 0.1) is 11.8 Å². The summed E-state index contributed by atoms with van der Waals surface area (Å²) in [5, 5.41) is 3.29. The molecule has 2 aliphatic rings. The molecule has 0 spiro atoms. The third-order valence-electron chi connectivity index (χ3n) is 4.42. The standard InChI is InChI=1S/C14H26N2O.ClH/c1-12(13-5-3-2-4-6-13)11-14(17)16-9-7-15-8-10-16;/h12-13,15H,2-11H2,1H3;1H. The maximum Gasteiger partial charge on any atom is 0.222 e. The van der Waals surface area contributed by atoms with Crippen molar-refractivity contribution in [2.75, 3.05) is 26.2 Å². The number of nitrogens with zero attached hydrogens (tertiary/aromatic N) is 1. The summed E-state index contributed by atoms with van der Waals surface area (Å²) in [5.41, 5.74) is 0. The van der Waals surface area contributed by atoms with Gasteiger partial charge < -0.3 is 10.2 Å². The van der Waals surface area contributed by atoms with Crippen LogP contribution in [0.15, 0.2) is 0 Å². The second-order valence-electron chi connectivity index (χ2n) is 5.71. The Morgan fingerprint density at radius 2 is 1.83 bits per heavy atom. The van der Waals surface area contributed by atoms with Crippen LogP contribution in [0.5, 0.6) is 0 Å². The number of carbonyl (C=O) groups excluding carboxylic acids is 1. The molecule has 4 heteroatoms. The van der Waals surface area contributed by atoms with E-state index in [1.54, 1.807) is 0 Å². The van der Waals surface area contributed by atoms with Crippen LogP contribution in [0.1, 0.15) is 45.4 Å². The summed E-state index contributed by atoms with van der Waals surface area (Å²) < 4.78 is 0. The van der Waals surface area contributed by atoms with Gasteiger partial charge in [-0.05, 0) is 11.8 Å². The van der Waals surface area contributed by atoms with E-state index < -0.39 is 0 Å². The summed E-state index contributed by atoms with van der Waals surface area (Å²) >= 11 is 0. The lowest BCUT2D eigenvalue weighted by molar-refractivity contribution is -0.133. The highest BCUT2D eigenvalue weighted by molar-refractivity contribution is 5.85. The Morgan fingerprint density at radius 3 is 2.44 bits per heavy atom. The first-order chi connectivity index (χ1) is 8.27. The van der Waals surface area contributed by atoms with Crippen molar-refractivity contribution in [1.29, 1.82) is 0 Å². The van der Waals surface area contributed by atoms with Crippen molar-refractivity contribution in [3.05, 3.63) is 0 Å². The number of hydrogen-bond acceptors (Lipinski definition) is 2. The van der Waals surface area contributed by atoms with Crippen LogP contribution in [-0.4, -0.2) is 37.0 Å². The van der Waals surface area contributed by atoms with E-state index in [1.165, 1.54) is 32.1 Å². The van der Waals surface area contributed by atoms with E-state index in [1.807, 2.05) is 4.90 Å². The quantitative estimate of drug-likeness (QED) is 0.857. The smallest absolute Gasteiger partial charge is 0.222 e. The third-order valence-corrected chi connectivity index (χ3v) is 4.42. The molecular weight excluding hydrogens is 248 g/mol. The van der Waals surface area contributed by atoms with E-state index in [0.29, 0.717) is 11.8 Å². The lowest BCUT2D eigenvalue weighted by Gasteiger charge is -2.31. The summed E-state index contributed by atoms with van der Waals surface area (Å²) in [6.45, 7) is 6.00. The number of nitrogens with one attached hydrogen (secondary N) is 1. The van der Waals surface area contributed by atoms with E-state index in [-0.39, 0.29) is 12.4 Å². The zero-order valence-corrected chi connectivity index (χ0v) is 12.3. The molecule has 106 valence electrons. The molecule has 1 N–H and O–H groups in total. The fourth-order valence-electron chi connectivity index (χ4n) is 3.19. The number of carbonyl (C=O) groups is 1. The largest absolute Gasteiger partial charge is 0.340 e. The van der Waals surface area contributed by atoms with Crippen LogP contribution >= 0.6 is 12.4 Å². The van der Waals surface area contributed by atoms with E-state index in [4.69, 9.17) is 0 Å². The number of rotatable bonds is 3. The molecule has 0 radical (unpaired) electrons. The van der Waals surface area contributed by atoms with Gasteiger partial charge in [-0.2, -0.15) is 0 Å². The molecule has 1 aliphatic carbocycles. The molecule has 18 heavy (non-hydrogen) atoms. The molecule has 0 aromatic rings. The van der Waals surface area contributed by atoms with E-state index >= 15 is 0 Å². The zero-order chi connectivity index (χ0) is 12.1. The molecule has 3 nitrogen and oxygen atoms in total. The first-order valence-corrected chi connectivity index (χ1v) is 7.26. The van der Waals surface area contributed by atoms with Crippen LogP contribution < -0.4 is 5.32 Å². The van der Waals surface area contributed by atoms with Gasteiger partial charge >= 0.3 is 0 Å².